The van der Waals surface area contributed by atoms with Gasteiger partial charge >= 0.3 is 0 Å². The highest BCUT2D eigenvalue weighted by molar-refractivity contribution is 5.95. The first kappa shape index (κ1) is 22.0. The Labute approximate surface area is 179 Å². The Morgan fingerprint density at radius 3 is 2.45 bits per heavy atom. The van der Waals surface area contributed by atoms with Gasteiger partial charge in [-0.2, -0.15) is 0 Å². The standard InChI is InChI=1S/C24H22F2N2O3/c1-31-22-10-8-19(14-17(22)13-16-5-3-2-4-6-16)28-23(29)11-12-27-24(30)20-9-7-18(25)15-21(20)26/h2-10,14-15H,11-13H2,1H3,(H,27,30)(H,28,29). The van der Waals surface area contributed by atoms with E-state index in [-0.39, 0.29) is 24.4 Å². The summed E-state index contributed by atoms with van der Waals surface area (Å²) < 4.78 is 32.0. The maximum atomic E-state index is 13.6. The molecule has 0 unspecified atom stereocenters. The van der Waals surface area contributed by atoms with E-state index in [9.17, 15) is 18.4 Å². The van der Waals surface area contributed by atoms with E-state index >= 15 is 0 Å². The van der Waals surface area contributed by atoms with Crippen LogP contribution in [0.4, 0.5) is 14.5 Å². The van der Waals surface area contributed by atoms with Gasteiger partial charge in [-0.25, -0.2) is 8.78 Å². The minimum absolute atomic E-state index is 0.00536. The van der Waals surface area contributed by atoms with E-state index in [1.807, 2.05) is 36.4 Å². The number of ether oxygens (including phenoxy) is 1. The molecule has 0 aliphatic carbocycles. The predicted molar refractivity (Wildman–Crippen MR) is 114 cm³/mol. The number of methoxy groups -OCH3 is 1. The van der Waals surface area contributed by atoms with Crippen LogP contribution in [0.5, 0.6) is 5.75 Å². The molecule has 0 saturated heterocycles. The van der Waals surface area contributed by atoms with Gasteiger partial charge in [0.25, 0.3) is 5.91 Å². The highest BCUT2D eigenvalue weighted by Gasteiger charge is 2.13. The molecule has 31 heavy (non-hydrogen) atoms. The Hall–Kier alpha value is -3.74. The van der Waals surface area contributed by atoms with Gasteiger partial charge in [0.05, 0.1) is 12.7 Å². The van der Waals surface area contributed by atoms with Crippen LogP contribution in [0.25, 0.3) is 0 Å². The second kappa shape index (κ2) is 10.3. The van der Waals surface area contributed by atoms with Crippen LogP contribution in [0.2, 0.25) is 0 Å². The van der Waals surface area contributed by atoms with Crippen LogP contribution in [0.3, 0.4) is 0 Å². The van der Waals surface area contributed by atoms with Crippen molar-refractivity contribution in [1.29, 1.82) is 0 Å². The molecule has 0 aliphatic rings. The van der Waals surface area contributed by atoms with Crippen LogP contribution in [-0.2, 0) is 11.2 Å². The van der Waals surface area contributed by atoms with Gasteiger partial charge in [0.15, 0.2) is 0 Å². The predicted octanol–water partition coefficient (Wildman–Crippen LogP) is 4.32. The van der Waals surface area contributed by atoms with E-state index in [0.29, 0.717) is 18.2 Å². The fraction of sp³-hybridized carbons (Fsp3) is 0.167. The van der Waals surface area contributed by atoms with Crippen molar-refractivity contribution in [3.63, 3.8) is 0 Å². The normalized spacial score (nSPS) is 10.4. The smallest absolute Gasteiger partial charge is 0.254 e. The number of carbonyl (C=O) groups is 2. The molecular weight excluding hydrogens is 402 g/mol. The monoisotopic (exact) mass is 424 g/mol. The first-order valence-electron chi connectivity index (χ1n) is 9.70. The zero-order chi connectivity index (χ0) is 22.2. The third kappa shape index (κ3) is 6.12. The van der Waals surface area contributed by atoms with E-state index in [2.05, 4.69) is 10.6 Å². The number of hydrogen-bond acceptors (Lipinski definition) is 3. The molecule has 0 heterocycles. The molecule has 2 N–H and O–H groups in total. The molecule has 0 aromatic heterocycles. The molecule has 3 aromatic rings. The first-order chi connectivity index (χ1) is 15.0. The summed E-state index contributed by atoms with van der Waals surface area (Å²) >= 11 is 0. The van der Waals surface area contributed by atoms with Gasteiger partial charge in [0.1, 0.15) is 17.4 Å². The molecule has 3 aromatic carbocycles. The lowest BCUT2D eigenvalue weighted by atomic mass is 10.0. The lowest BCUT2D eigenvalue weighted by Crippen LogP contribution is -2.28. The highest BCUT2D eigenvalue weighted by atomic mass is 19.1. The molecule has 0 fully saturated rings. The topological polar surface area (TPSA) is 67.4 Å². The minimum Gasteiger partial charge on any atom is -0.496 e. The van der Waals surface area contributed by atoms with E-state index < -0.39 is 17.5 Å². The number of benzene rings is 3. The molecule has 0 spiro atoms. The quantitative estimate of drug-likeness (QED) is 0.566. The van der Waals surface area contributed by atoms with E-state index in [0.717, 1.165) is 29.0 Å². The van der Waals surface area contributed by atoms with Crippen molar-refractivity contribution >= 4 is 17.5 Å². The number of carbonyl (C=O) groups excluding carboxylic acids is 2. The van der Waals surface area contributed by atoms with Crippen LogP contribution in [0.15, 0.2) is 66.7 Å². The van der Waals surface area contributed by atoms with Crippen molar-refractivity contribution in [3.05, 3.63) is 95.1 Å². The average Bonchev–Trinajstić information content (AvgIpc) is 2.74. The number of halogens is 2. The van der Waals surface area contributed by atoms with Crippen molar-refractivity contribution in [3.8, 4) is 5.75 Å². The largest absolute Gasteiger partial charge is 0.496 e. The summed E-state index contributed by atoms with van der Waals surface area (Å²) in [7, 11) is 1.59. The van der Waals surface area contributed by atoms with Gasteiger partial charge in [0, 0.05) is 36.7 Å². The maximum absolute atomic E-state index is 13.6. The SMILES string of the molecule is COc1ccc(NC(=O)CCNC(=O)c2ccc(F)cc2F)cc1Cc1ccccc1. The van der Waals surface area contributed by atoms with Gasteiger partial charge in [-0.15, -0.1) is 0 Å². The summed E-state index contributed by atoms with van der Waals surface area (Å²) in [5.41, 5.74) is 2.36. The molecular formula is C24H22F2N2O3. The third-order valence-electron chi connectivity index (χ3n) is 4.61. The molecule has 3 rings (SSSR count). The zero-order valence-electron chi connectivity index (χ0n) is 17.0. The van der Waals surface area contributed by atoms with Crippen LogP contribution in [0.1, 0.15) is 27.9 Å². The lowest BCUT2D eigenvalue weighted by molar-refractivity contribution is -0.116. The highest BCUT2D eigenvalue weighted by Crippen LogP contribution is 2.25. The molecule has 2 amide bonds. The fourth-order valence-electron chi connectivity index (χ4n) is 3.09. The lowest BCUT2D eigenvalue weighted by Gasteiger charge is -2.12. The van der Waals surface area contributed by atoms with Crippen molar-refractivity contribution in [2.24, 2.45) is 0 Å². The van der Waals surface area contributed by atoms with Gasteiger partial charge in [-0.05, 0) is 35.9 Å². The van der Waals surface area contributed by atoms with Crippen molar-refractivity contribution in [1.82, 2.24) is 5.32 Å². The van der Waals surface area contributed by atoms with Crippen LogP contribution in [0, 0.1) is 11.6 Å². The molecule has 0 radical (unpaired) electrons. The van der Waals surface area contributed by atoms with E-state index in [1.165, 1.54) is 0 Å². The fourth-order valence-corrected chi connectivity index (χ4v) is 3.09. The molecule has 160 valence electrons. The summed E-state index contributed by atoms with van der Waals surface area (Å²) in [5, 5.41) is 5.24. The number of nitrogens with one attached hydrogen (secondary N) is 2. The Kier molecular flexibility index (Phi) is 7.32. The van der Waals surface area contributed by atoms with Crippen molar-refractivity contribution in [2.45, 2.75) is 12.8 Å². The molecule has 0 saturated carbocycles. The zero-order valence-corrected chi connectivity index (χ0v) is 17.0. The second-order valence-electron chi connectivity index (χ2n) is 6.87. The maximum Gasteiger partial charge on any atom is 0.254 e. The van der Waals surface area contributed by atoms with Crippen LogP contribution in [-0.4, -0.2) is 25.5 Å². The van der Waals surface area contributed by atoms with Gasteiger partial charge < -0.3 is 15.4 Å². The Balaban J connectivity index is 1.56. The van der Waals surface area contributed by atoms with Gasteiger partial charge in [-0.3, -0.25) is 9.59 Å². The summed E-state index contributed by atoms with van der Waals surface area (Å²) in [6.07, 6.45) is 0.640. The number of anilines is 1. The molecule has 7 heteroatoms. The Bertz CT molecular complexity index is 1070. The summed E-state index contributed by atoms with van der Waals surface area (Å²) in [6, 6.07) is 17.9. The molecule has 0 atom stereocenters. The average molecular weight is 424 g/mol. The molecule has 5 nitrogen and oxygen atoms in total. The summed E-state index contributed by atoms with van der Waals surface area (Å²) in [5.74, 6) is -2.02. The Morgan fingerprint density at radius 2 is 1.74 bits per heavy atom. The van der Waals surface area contributed by atoms with Crippen LogP contribution < -0.4 is 15.4 Å². The third-order valence-corrected chi connectivity index (χ3v) is 4.61. The van der Waals surface area contributed by atoms with Crippen LogP contribution >= 0.6 is 0 Å². The number of rotatable bonds is 8. The second-order valence-corrected chi connectivity index (χ2v) is 6.87. The molecule has 0 bridgehead atoms. The number of amides is 2. The van der Waals surface area contributed by atoms with Gasteiger partial charge in [0.2, 0.25) is 5.91 Å². The van der Waals surface area contributed by atoms with Crippen molar-refractivity contribution in [2.75, 3.05) is 19.0 Å². The summed E-state index contributed by atoms with van der Waals surface area (Å²) in [6.45, 7) is 0.00844. The first-order valence-corrected chi connectivity index (χ1v) is 9.70. The minimum atomic E-state index is -0.953. The summed E-state index contributed by atoms with van der Waals surface area (Å²) in [4.78, 5) is 24.2. The molecule has 0 aliphatic heterocycles. The number of hydrogen-bond donors (Lipinski definition) is 2. The van der Waals surface area contributed by atoms with Gasteiger partial charge in [-0.1, -0.05) is 30.3 Å². The Morgan fingerprint density at radius 1 is 0.968 bits per heavy atom. The van der Waals surface area contributed by atoms with Crippen molar-refractivity contribution < 1.29 is 23.1 Å². The van der Waals surface area contributed by atoms with E-state index in [1.54, 1.807) is 19.2 Å². The van der Waals surface area contributed by atoms with E-state index in [4.69, 9.17) is 4.74 Å².